The molecule has 2 heteroatoms. The first kappa shape index (κ1) is 11.7. The average molecular weight is 221 g/mol. The van der Waals surface area contributed by atoms with Crippen molar-refractivity contribution < 1.29 is 4.74 Å². The van der Waals surface area contributed by atoms with Crippen molar-refractivity contribution in [3.05, 3.63) is 11.1 Å². The smallest absolute Gasteiger partial charge is 0.212 e. The van der Waals surface area contributed by atoms with E-state index in [1.807, 2.05) is 0 Å². The molecule has 0 amide bonds. The summed E-state index contributed by atoms with van der Waals surface area (Å²) in [7, 11) is 0. The van der Waals surface area contributed by atoms with E-state index in [1.54, 1.807) is 0 Å². The highest BCUT2D eigenvalue weighted by molar-refractivity contribution is 5.95. The Hall–Kier alpha value is -0.790. The van der Waals surface area contributed by atoms with Gasteiger partial charge in [0.15, 0.2) is 0 Å². The van der Waals surface area contributed by atoms with Crippen LogP contribution in [0.1, 0.15) is 53.4 Å². The Morgan fingerprint density at radius 1 is 1.19 bits per heavy atom. The highest BCUT2D eigenvalue weighted by atomic mass is 16.5. The second-order valence-corrected chi connectivity index (χ2v) is 6.09. The first-order chi connectivity index (χ1) is 7.48. The van der Waals surface area contributed by atoms with Gasteiger partial charge in [-0.15, -0.1) is 0 Å². The number of nitrogens with zero attached hydrogens (tertiary/aromatic N) is 1. The van der Waals surface area contributed by atoms with Gasteiger partial charge in [-0.25, -0.2) is 4.99 Å². The zero-order chi connectivity index (χ0) is 11.8. The predicted molar refractivity (Wildman–Crippen MR) is 67.8 cm³/mol. The van der Waals surface area contributed by atoms with E-state index in [4.69, 9.17) is 9.73 Å². The summed E-state index contributed by atoms with van der Waals surface area (Å²) < 4.78 is 5.79. The van der Waals surface area contributed by atoms with Crippen molar-refractivity contribution in [1.82, 2.24) is 0 Å². The Morgan fingerprint density at radius 3 is 2.44 bits per heavy atom. The number of hydrogen-bond donors (Lipinski definition) is 0. The Kier molecular flexibility index (Phi) is 3.09. The molecule has 0 bridgehead atoms. The van der Waals surface area contributed by atoms with Gasteiger partial charge in [-0.2, -0.15) is 0 Å². The molecule has 2 nitrogen and oxygen atoms in total. The molecule has 1 atom stereocenters. The summed E-state index contributed by atoms with van der Waals surface area (Å²) in [5, 5.41) is 0. The number of rotatable bonds is 1. The minimum absolute atomic E-state index is 0.213. The van der Waals surface area contributed by atoms with Gasteiger partial charge in [0.2, 0.25) is 5.90 Å². The first-order valence-electron chi connectivity index (χ1n) is 6.38. The van der Waals surface area contributed by atoms with Gasteiger partial charge < -0.3 is 4.74 Å². The van der Waals surface area contributed by atoms with E-state index >= 15 is 0 Å². The summed E-state index contributed by atoms with van der Waals surface area (Å²) in [5.74, 6) is 0.942. The van der Waals surface area contributed by atoms with E-state index in [0.29, 0.717) is 6.04 Å². The fourth-order valence-electron chi connectivity index (χ4n) is 2.33. The third-order valence-corrected chi connectivity index (χ3v) is 3.65. The molecule has 0 spiro atoms. The van der Waals surface area contributed by atoms with E-state index in [1.165, 1.54) is 30.4 Å². The van der Waals surface area contributed by atoms with Crippen LogP contribution in [0, 0.1) is 5.41 Å². The van der Waals surface area contributed by atoms with E-state index in [-0.39, 0.29) is 5.41 Å². The fraction of sp³-hybridized carbons (Fsp3) is 0.786. The van der Waals surface area contributed by atoms with Crippen molar-refractivity contribution in [3.8, 4) is 0 Å². The summed E-state index contributed by atoms with van der Waals surface area (Å²) in [6.07, 6.45) is 4.99. The molecule has 0 fully saturated rings. The highest BCUT2D eigenvalue weighted by Crippen LogP contribution is 2.31. The molecule has 16 heavy (non-hydrogen) atoms. The van der Waals surface area contributed by atoms with Gasteiger partial charge in [0.25, 0.3) is 0 Å². The summed E-state index contributed by atoms with van der Waals surface area (Å²) in [6.45, 7) is 9.68. The number of allylic oxidation sites excluding steroid dienone is 1. The lowest BCUT2D eigenvalue weighted by atomic mass is 9.88. The van der Waals surface area contributed by atoms with Gasteiger partial charge in [-0.1, -0.05) is 26.3 Å². The number of ether oxygens (including phenoxy) is 1. The molecule has 2 rings (SSSR count). The number of aliphatic imine (C=N–C) groups is 1. The second-order valence-electron chi connectivity index (χ2n) is 6.09. The molecular weight excluding hydrogens is 198 g/mol. The largest absolute Gasteiger partial charge is 0.475 e. The second kappa shape index (κ2) is 4.23. The molecular formula is C14H23NO. The third kappa shape index (κ3) is 2.31. The Morgan fingerprint density at radius 2 is 1.88 bits per heavy atom. The first-order valence-corrected chi connectivity index (χ1v) is 6.38. The van der Waals surface area contributed by atoms with Crippen LogP contribution in [-0.4, -0.2) is 18.5 Å². The van der Waals surface area contributed by atoms with Crippen molar-refractivity contribution in [3.63, 3.8) is 0 Å². The van der Waals surface area contributed by atoms with E-state index in [0.717, 1.165) is 18.9 Å². The van der Waals surface area contributed by atoms with Gasteiger partial charge in [-0.3, -0.25) is 0 Å². The molecule has 0 aromatic rings. The third-order valence-electron chi connectivity index (χ3n) is 3.65. The van der Waals surface area contributed by atoms with Crippen molar-refractivity contribution in [2.75, 3.05) is 6.61 Å². The average Bonchev–Trinajstić information content (AvgIpc) is 2.66. The maximum atomic E-state index is 5.79. The van der Waals surface area contributed by atoms with Gasteiger partial charge in [0.05, 0.1) is 6.04 Å². The van der Waals surface area contributed by atoms with Crippen molar-refractivity contribution in [2.24, 2.45) is 10.4 Å². The molecule has 1 heterocycles. The van der Waals surface area contributed by atoms with Crippen LogP contribution in [0.2, 0.25) is 0 Å². The van der Waals surface area contributed by atoms with Crippen molar-refractivity contribution in [2.45, 2.75) is 59.4 Å². The van der Waals surface area contributed by atoms with E-state index in [9.17, 15) is 0 Å². The zero-order valence-corrected chi connectivity index (χ0v) is 11.0. The predicted octanol–water partition coefficient (Wildman–Crippen LogP) is 3.72. The van der Waals surface area contributed by atoms with Gasteiger partial charge in [0.1, 0.15) is 6.61 Å². The zero-order valence-electron chi connectivity index (χ0n) is 11.0. The quantitative estimate of drug-likeness (QED) is 0.661. The molecule has 0 saturated heterocycles. The summed E-state index contributed by atoms with van der Waals surface area (Å²) in [5.41, 5.74) is 3.09. The Labute approximate surface area is 98.8 Å². The SMILES string of the molecule is CC1=C(C2=N[C@@H](C(C)(C)C)CO2)CCCC1. The highest BCUT2D eigenvalue weighted by Gasteiger charge is 2.31. The molecule has 1 aliphatic heterocycles. The normalized spacial score (nSPS) is 26.8. The maximum absolute atomic E-state index is 5.79. The lowest BCUT2D eigenvalue weighted by Gasteiger charge is -2.21. The van der Waals surface area contributed by atoms with Crippen LogP contribution < -0.4 is 0 Å². The van der Waals surface area contributed by atoms with Crippen LogP contribution in [0.5, 0.6) is 0 Å². The van der Waals surface area contributed by atoms with Crippen LogP contribution >= 0.6 is 0 Å². The van der Waals surface area contributed by atoms with E-state index in [2.05, 4.69) is 27.7 Å². The maximum Gasteiger partial charge on any atom is 0.212 e. The molecule has 0 radical (unpaired) electrons. The summed E-state index contributed by atoms with van der Waals surface area (Å²) >= 11 is 0. The summed E-state index contributed by atoms with van der Waals surface area (Å²) in [6, 6.07) is 0.324. The standard InChI is InChI=1S/C14H23NO/c1-10-7-5-6-8-11(10)13-15-12(9-16-13)14(2,3)4/h12H,5-9H2,1-4H3/t12-/m1/s1. The molecule has 90 valence electrons. The molecule has 0 aromatic heterocycles. The van der Waals surface area contributed by atoms with Crippen molar-refractivity contribution in [1.29, 1.82) is 0 Å². The molecule has 0 saturated carbocycles. The molecule has 0 N–H and O–H groups in total. The minimum Gasteiger partial charge on any atom is -0.475 e. The Balaban J connectivity index is 2.18. The molecule has 1 aliphatic carbocycles. The molecule has 0 unspecified atom stereocenters. The van der Waals surface area contributed by atoms with Gasteiger partial charge >= 0.3 is 0 Å². The van der Waals surface area contributed by atoms with Crippen molar-refractivity contribution >= 4 is 5.90 Å². The lowest BCUT2D eigenvalue weighted by Crippen LogP contribution is -2.25. The minimum atomic E-state index is 0.213. The van der Waals surface area contributed by atoms with Crippen LogP contribution in [-0.2, 0) is 4.74 Å². The van der Waals surface area contributed by atoms with E-state index < -0.39 is 0 Å². The summed E-state index contributed by atoms with van der Waals surface area (Å²) in [4.78, 5) is 4.77. The van der Waals surface area contributed by atoms with Crippen LogP contribution in [0.3, 0.4) is 0 Å². The fourth-order valence-corrected chi connectivity index (χ4v) is 2.33. The van der Waals surface area contributed by atoms with Crippen LogP contribution in [0.15, 0.2) is 16.1 Å². The lowest BCUT2D eigenvalue weighted by molar-refractivity contribution is 0.235. The molecule has 2 aliphatic rings. The topological polar surface area (TPSA) is 21.6 Å². The molecule has 0 aromatic carbocycles. The number of hydrogen-bond acceptors (Lipinski definition) is 2. The Bertz CT molecular complexity index is 333. The monoisotopic (exact) mass is 221 g/mol. The van der Waals surface area contributed by atoms with Crippen LogP contribution in [0.25, 0.3) is 0 Å². The van der Waals surface area contributed by atoms with Crippen LogP contribution in [0.4, 0.5) is 0 Å². The van der Waals surface area contributed by atoms with Gasteiger partial charge in [0, 0.05) is 5.57 Å². The van der Waals surface area contributed by atoms with Gasteiger partial charge in [-0.05, 0) is 38.0 Å².